The molecule has 9 heavy (non-hydrogen) atoms. The Bertz CT molecular complexity index is 169. The third-order valence-electron chi connectivity index (χ3n) is 0.459. The molecular weight excluding hydrogens is 132 g/mol. The molecule has 9 nitrogen and oxygen atoms in total. The molecule has 0 spiro atoms. The minimum Gasteiger partial charge on any atom is -0.561 e. The quantitative estimate of drug-likeness (QED) is 0.260. The predicted molar refractivity (Wildman–Crippen MR) is 16.7 cm³/mol. The van der Waals surface area contributed by atoms with Crippen LogP contribution in [0.5, 0.6) is 0 Å². The molecule has 0 unspecified atom stereocenters. The summed E-state index contributed by atoms with van der Waals surface area (Å²) in [6.45, 7) is 0. The number of aromatic nitrogens is 6. The predicted octanol–water partition coefficient (Wildman–Crippen LogP) is -4.23. The van der Waals surface area contributed by atoms with Crippen molar-refractivity contribution in [1.82, 2.24) is 15.6 Å². The highest BCUT2D eigenvalue weighted by Crippen LogP contribution is 1.31. The van der Waals surface area contributed by atoms with Gasteiger partial charge < -0.3 is 15.6 Å². The van der Waals surface area contributed by atoms with Gasteiger partial charge in [0.15, 0.2) is 14.9 Å². The molecule has 1 heterocycles. The van der Waals surface area contributed by atoms with Crippen molar-refractivity contribution in [3.8, 4) is 0 Å². The molecule has 0 atom stereocenters. The molecule has 0 aliphatic rings. The fraction of sp³-hybridized carbons (Fsp3) is 0. The van der Waals surface area contributed by atoms with Crippen LogP contribution in [0.3, 0.4) is 0 Å². The summed E-state index contributed by atoms with van der Waals surface area (Å²) in [5.41, 5.74) is 0. The highest BCUT2D eigenvalue weighted by atomic mass is 16.6. The first-order valence-electron chi connectivity index (χ1n) is 1.75. The van der Waals surface area contributed by atoms with Crippen molar-refractivity contribution in [2.24, 2.45) is 0 Å². The van der Waals surface area contributed by atoms with Crippen LogP contribution in [0.1, 0.15) is 0 Å². The van der Waals surface area contributed by atoms with E-state index >= 15 is 0 Å². The molecule has 0 aliphatic carbocycles. The van der Waals surface area contributed by atoms with Crippen molar-refractivity contribution in [3.05, 3.63) is 15.6 Å². The highest BCUT2D eigenvalue weighted by molar-refractivity contribution is 3.83. The van der Waals surface area contributed by atoms with Crippen molar-refractivity contribution in [3.63, 3.8) is 0 Å². The monoisotopic (exact) mass is 132 g/mol. The smallest absolute Gasteiger partial charge is 0.365 e. The van der Waals surface area contributed by atoms with Crippen LogP contribution in [0.4, 0.5) is 0 Å². The van der Waals surface area contributed by atoms with E-state index in [4.69, 9.17) is 0 Å². The van der Waals surface area contributed by atoms with E-state index in [1.807, 2.05) is 0 Å². The maximum Gasteiger partial charge on any atom is 0.365 e. The first kappa shape index (κ1) is 5.34. The van der Waals surface area contributed by atoms with Crippen molar-refractivity contribution < 1.29 is 14.9 Å². The lowest BCUT2D eigenvalue weighted by Gasteiger charge is -1.82. The van der Waals surface area contributed by atoms with Crippen molar-refractivity contribution >= 4 is 0 Å². The van der Waals surface area contributed by atoms with Gasteiger partial charge in [0.1, 0.15) is 0 Å². The SMILES string of the molecule is [O-][n+]1n[n+]([O-])n[n+]([O-])n1. The molecule has 0 fully saturated rings. The molecule has 0 amide bonds. The van der Waals surface area contributed by atoms with Gasteiger partial charge in [-0.15, -0.1) is 0 Å². The van der Waals surface area contributed by atoms with E-state index in [9.17, 15) is 15.6 Å². The van der Waals surface area contributed by atoms with E-state index < -0.39 is 14.9 Å². The fourth-order valence-corrected chi connectivity index (χ4v) is 0.250. The average Bonchev–Trinajstić information content (AvgIpc) is 1.59. The summed E-state index contributed by atoms with van der Waals surface area (Å²) < 4.78 is 0. The van der Waals surface area contributed by atoms with Crippen LogP contribution < -0.4 is 14.9 Å². The molecule has 1 rings (SSSR count). The summed E-state index contributed by atoms with van der Waals surface area (Å²) in [7, 11) is 0. The Balaban J connectivity index is 3.17. The van der Waals surface area contributed by atoms with Crippen LogP contribution in [-0.4, -0.2) is 15.6 Å². The summed E-state index contributed by atoms with van der Waals surface area (Å²) in [5, 5.41) is 37.3. The van der Waals surface area contributed by atoms with Gasteiger partial charge in [-0.2, -0.15) is 0 Å². The molecule has 0 aliphatic heterocycles. The molecule has 0 saturated carbocycles. The first-order chi connectivity index (χ1) is 4.18. The van der Waals surface area contributed by atoms with Gasteiger partial charge in [0.2, 0.25) is 0 Å². The molecule has 1 aromatic heterocycles. The Kier molecular flexibility index (Phi) is 0.956. The van der Waals surface area contributed by atoms with E-state index in [1.54, 1.807) is 0 Å². The average molecular weight is 132 g/mol. The summed E-state index contributed by atoms with van der Waals surface area (Å²) in [4.78, 5) is -1.31. The molecule has 48 valence electrons. The van der Waals surface area contributed by atoms with E-state index in [1.165, 1.54) is 0 Å². The van der Waals surface area contributed by atoms with Crippen molar-refractivity contribution in [2.45, 2.75) is 0 Å². The Morgan fingerprint density at radius 1 is 0.667 bits per heavy atom. The number of hydrogen-bond donors (Lipinski definition) is 0. The van der Waals surface area contributed by atoms with E-state index in [0.29, 0.717) is 0 Å². The second-order valence-electron chi connectivity index (χ2n) is 1.03. The maximum atomic E-state index is 9.92. The molecule has 9 heteroatoms. The molecule has 0 aromatic carbocycles. The maximum absolute atomic E-state index is 9.92. The van der Waals surface area contributed by atoms with Crippen LogP contribution in [0.15, 0.2) is 0 Å². The molecule has 0 N–H and O–H groups in total. The number of nitrogens with zero attached hydrogens (tertiary/aromatic N) is 6. The Hall–Kier alpha value is -1.80. The van der Waals surface area contributed by atoms with E-state index in [2.05, 4.69) is 15.6 Å². The van der Waals surface area contributed by atoms with Gasteiger partial charge in [0.05, 0.1) is 0 Å². The Labute approximate surface area is 47.4 Å². The standard InChI is InChI=1S/N6O3/c7-4-1-5(8)3-6(9)2-4. The molecule has 0 bridgehead atoms. The number of rotatable bonds is 0. The lowest BCUT2D eigenvalue weighted by Crippen LogP contribution is -2.64. The Morgan fingerprint density at radius 3 is 1.11 bits per heavy atom. The molecule has 0 radical (unpaired) electrons. The third kappa shape index (κ3) is 1.05. The van der Waals surface area contributed by atoms with Gasteiger partial charge in [0, 0.05) is 0 Å². The van der Waals surface area contributed by atoms with E-state index in [-0.39, 0.29) is 0 Å². The summed E-state index contributed by atoms with van der Waals surface area (Å²) >= 11 is 0. The fourth-order valence-electron chi connectivity index (χ4n) is 0.250. The second-order valence-corrected chi connectivity index (χ2v) is 1.03. The van der Waals surface area contributed by atoms with E-state index in [0.717, 1.165) is 0 Å². The highest BCUT2D eigenvalue weighted by Gasteiger charge is 2.11. The first-order valence-corrected chi connectivity index (χ1v) is 1.75. The number of hydrogen-bond acceptors (Lipinski definition) is 6. The van der Waals surface area contributed by atoms with Gasteiger partial charge in [-0.3, -0.25) is 0 Å². The topological polar surface area (TPSA) is 119 Å². The van der Waals surface area contributed by atoms with Crippen LogP contribution in [0.2, 0.25) is 0 Å². The summed E-state index contributed by atoms with van der Waals surface area (Å²) in [6.07, 6.45) is 0. The van der Waals surface area contributed by atoms with Gasteiger partial charge in [-0.25, -0.2) is 0 Å². The lowest BCUT2D eigenvalue weighted by atomic mass is 12.2. The normalized spacial score (nSPS) is 9.33. The van der Waals surface area contributed by atoms with Gasteiger partial charge in [-0.05, 0) is 0 Å². The zero-order chi connectivity index (χ0) is 6.85. The summed E-state index contributed by atoms with van der Waals surface area (Å²) in [5.74, 6) is 0. The largest absolute Gasteiger partial charge is 0.561 e. The van der Waals surface area contributed by atoms with Crippen LogP contribution in [-0.2, 0) is 0 Å². The minimum absolute atomic E-state index is 0.438. The van der Waals surface area contributed by atoms with Gasteiger partial charge in [0.25, 0.3) is 0 Å². The van der Waals surface area contributed by atoms with Crippen LogP contribution in [0, 0.1) is 15.6 Å². The third-order valence-corrected chi connectivity index (χ3v) is 0.459. The Morgan fingerprint density at radius 2 is 0.889 bits per heavy atom. The lowest BCUT2D eigenvalue weighted by molar-refractivity contribution is -1.05. The minimum atomic E-state index is -0.438. The van der Waals surface area contributed by atoms with Gasteiger partial charge >= 0.3 is 15.6 Å². The van der Waals surface area contributed by atoms with Crippen molar-refractivity contribution in [1.29, 1.82) is 0 Å². The molecule has 0 saturated heterocycles. The molecule has 1 aromatic rings. The zero-order valence-electron chi connectivity index (χ0n) is 3.91. The van der Waals surface area contributed by atoms with Crippen LogP contribution >= 0.6 is 0 Å². The van der Waals surface area contributed by atoms with Gasteiger partial charge in [-0.1, -0.05) is 0 Å². The molecular formula is N6O3. The van der Waals surface area contributed by atoms with Crippen molar-refractivity contribution in [2.75, 3.05) is 0 Å². The second kappa shape index (κ2) is 1.61. The zero-order valence-corrected chi connectivity index (χ0v) is 3.91. The summed E-state index contributed by atoms with van der Waals surface area (Å²) in [6, 6.07) is 0. The van der Waals surface area contributed by atoms with Crippen LogP contribution in [0.25, 0.3) is 0 Å².